The lowest BCUT2D eigenvalue weighted by molar-refractivity contribution is -0.274. The van der Waals surface area contributed by atoms with Gasteiger partial charge in [0.2, 0.25) is 0 Å². The molecular weight excluding hydrogens is 342 g/mol. The van der Waals surface area contributed by atoms with Crippen molar-refractivity contribution in [1.29, 1.82) is 0 Å². The van der Waals surface area contributed by atoms with Gasteiger partial charge in [0.15, 0.2) is 5.75 Å². The van der Waals surface area contributed by atoms with Crippen LogP contribution in [0.4, 0.5) is 26.3 Å². The van der Waals surface area contributed by atoms with E-state index in [-0.39, 0.29) is 0 Å². The largest absolute Gasteiger partial charge is 0.573 e. The average Bonchev–Trinajstić information content (AvgIpc) is 2.18. The van der Waals surface area contributed by atoms with E-state index in [9.17, 15) is 34.8 Å². The maximum Gasteiger partial charge on any atom is 0.573 e. The van der Waals surface area contributed by atoms with Gasteiger partial charge in [-0.1, -0.05) is 11.6 Å². The first-order valence-electron chi connectivity index (χ1n) is 4.38. The first-order chi connectivity index (χ1) is 8.82. The van der Waals surface area contributed by atoms with Gasteiger partial charge in [0.05, 0.1) is 5.02 Å². The number of hydrogen-bond donors (Lipinski definition) is 0. The summed E-state index contributed by atoms with van der Waals surface area (Å²) >= 11 is 5.31. The van der Waals surface area contributed by atoms with E-state index in [1.165, 1.54) is 0 Å². The van der Waals surface area contributed by atoms with Crippen LogP contribution in [-0.4, -0.2) is 20.3 Å². The third-order valence-corrected chi connectivity index (χ3v) is 2.88. The van der Waals surface area contributed by atoms with Gasteiger partial charge in [-0.2, -0.15) is 21.6 Å². The number of rotatable bonds is 3. The molecule has 0 N–H and O–H groups in total. The van der Waals surface area contributed by atoms with Gasteiger partial charge in [0.1, 0.15) is 5.75 Å². The predicted octanol–water partition coefficient (Wildman–Crippen LogP) is 3.47. The number of alkyl halides is 6. The van der Waals surface area contributed by atoms with Gasteiger partial charge in [-0.3, -0.25) is 0 Å². The fraction of sp³-hybridized carbons (Fsp3) is 0.250. The quantitative estimate of drug-likeness (QED) is 0.479. The lowest BCUT2D eigenvalue weighted by atomic mass is 10.3. The van der Waals surface area contributed by atoms with Gasteiger partial charge >= 0.3 is 22.0 Å². The van der Waals surface area contributed by atoms with E-state index in [4.69, 9.17) is 11.6 Å². The predicted molar refractivity (Wildman–Crippen MR) is 53.7 cm³/mol. The minimum atomic E-state index is -5.97. The Bertz CT molecular complexity index is 594. The van der Waals surface area contributed by atoms with Gasteiger partial charge in [-0.15, -0.1) is 13.2 Å². The second-order valence-corrected chi connectivity index (χ2v) is 5.07. The molecule has 0 aromatic heterocycles. The molecule has 12 heteroatoms. The molecule has 0 aliphatic rings. The van der Waals surface area contributed by atoms with Crippen LogP contribution in [0.5, 0.6) is 11.5 Å². The van der Waals surface area contributed by atoms with Crippen molar-refractivity contribution in [2.45, 2.75) is 11.9 Å². The highest BCUT2D eigenvalue weighted by Crippen LogP contribution is 2.34. The minimum Gasteiger partial charge on any atom is -0.406 e. The molecule has 0 saturated carbocycles. The van der Waals surface area contributed by atoms with E-state index in [1.807, 2.05) is 0 Å². The summed E-state index contributed by atoms with van der Waals surface area (Å²) < 4.78 is 100. The lowest BCUT2D eigenvalue weighted by Gasteiger charge is -2.12. The topological polar surface area (TPSA) is 52.6 Å². The normalized spacial score (nSPS) is 13.2. The highest BCUT2D eigenvalue weighted by molar-refractivity contribution is 7.88. The van der Waals surface area contributed by atoms with E-state index in [0.29, 0.717) is 18.2 Å². The maximum atomic E-state index is 12.0. The Balaban J connectivity index is 3.01. The molecule has 1 aromatic carbocycles. The smallest absolute Gasteiger partial charge is 0.406 e. The highest BCUT2D eigenvalue weighted by Gasteiger charge is 2.48. The second kappa shape index (κ2) is 5.20. The molecule has 4 nitrogen and oxygen atoms in total. The van der Waals surface area contributed by atoms with Crippen molar-refractivity contribution >= 4 is 21.7 Å². The molecule has 0 bridgehead atoms. The molecule has 0 heterocycles. The standard InChI is InChI=1S/C8H3ClF6O4S/c9-5-3-4(18-7(10,11)12)1-2-6(5)19-20(16,17)8(13,14)15/h1-3H. The second-order valence-electron chi connectivity index (χ2n) is 3.12. The summed E-state index contributed by atoms with van der Waals surface area (Å²) in [7, 11) is -5.97. The Morgan fingerprint density at radius 3 is 2.00 bits per heavy atom. The van der Waals surface area contributed by atoms with Crippen LogP contribution in [0.1, 0.15) is 0 Å². The summed E-state index contributed by atoms with van der Waals surface area (Å²) in [6.45, 7) is 0. The monoisotopic (exact) mass is 344 g/mol. The molecule has 114 valence electrons. The van der Waals surface area contributed by atoms with Crippen molar-refractivity contribution in [3.05, 3.63) is 23.2 Å². The molecule has 1 aromatic rings. The third-order valence-electron chi connectivity index (χ3n) is 1.62. The van der Waals surface area contributed by atoms with Crippen LogP contribution in [0.25, 0.3) is 0 Å². The zero-order valence-electron chi connectivity index (χ0n) is 8.92. The summed E-state index contributed by atoms with van der Waals surface area (Å²) in [6, 6.07) is 1.49. The van der Waals surface area contributed by atoms with Crippen molar-refractivity contribution in [3.8, 4) is 11.5 Å². The molecule has 1 rings (SSSR count). The van der Waals surface area contributed by atoms with Crippen molar-refractivity contribution in [3.63, 3.8) is 0 Å². The number of halogens is 7. The molecule has 20 heavy (non-hydrogen) atoms. The Kier molecular flexibility index (Phi) is 4.34. The first kappa shape index (κ1) is 16.7. The van der Waals surface area contributed by atoms with Gasteiger partial charge in [0.25, 0.3) is 0 Å². The van der Waals surface area contributed by atoms with Crippen molar-refractivity contribution in [2.24, 2.45) is 0 Å². The molecule has 0 unspecified atom stereocenters. The zero-order valence-corrected chi connectivity index (χ0v) is 10.5. The molecule has 0 radical (unpaired) electrons. The van der Waals surface area contributed by atoms with Crippen LogP contribution in [0.15, 0.2) is 18.2 Å². The maximum absolute atomic E-state index is 12.0. The fourth-order valence-corrected chi connectivity index (χ4v) is 1.64. The molecule has 0 atom stereocenters. The highest BCUT2D eigenvalue weighted by atomic mass is 35.5. The van der Waals surface area contributed by atoms with E-state index in [0.717, 1.165) is 0 Å². The minimum absolute atomic E-state index is 0.455. The third kappa shape index (κ3) is 4.34. The van der Waals surface area contributed by atoms with Crippen LogP contribution in [0, 0.1) is 0 Å². The van der Waals surface area contributed by atoms with Crippen LogP contribution in [0.2, 0.25) is 5.02 Å². The van der Waals surface area contributed by atoms with Crippen molar-refractivity contribution in [2.75, 3.05) is 0 Å². The van der Waals surface area contributed by atoms with E-state index in [1.54, 1.807) is 0 Å². The summed E-state index contributed by atoms with van der Waals surface area (Å²) in [5.74, 6) is -1.84. The van der Waals surface area contributed by atoms with Gasteiger partial charge in [0, 0.05) is 6.07 Å². The van der Waals surface area contributed by atoms with E-state index >= 15 is 0 Å². The average molecular weight is 345 g/mol. The number of ether oxygens (including phenoxy) is 1. The Labute approximate surface area is 113 Å². The van der Waals surface area contributed by atoms with Crippen molar-refractivity contribution in [1.82, 2.24) is 0 Å². The molecule has 0 saturated heterocycles. The summed E-state index contributed by atoms with van der Waals surface area (Å²) in [4.78, 5) is 0. The molecule has 0 spiro atoms. The van der Waals surface area contributed by atoms with Crippen LogP contribution in [-0.2, 0) is 10.1 Å². The molecule has 0 fully saturated rings. The van der Waals surface area contributed by atoms with Gasteiger partial charge < -0.3 is 8.92 Å². The van der Waals surface area contributed by atoms with Crippen LogP contribution < -0.4 is 8.92 Å². The van der Waals surface area contributed by atoms with Crippen LogP contribution in [0.3, 0.4) is 0 Å². The zero-order chi connectivity index (χ0) is 15.8. The molecule has 0 amide bonds. The Morgan fingerprint density at radius 1 is 1.05 bits per heavy atom. The Hall–Kier alpha value is -1.36. The number of hydrogen-bond acceptors (Lipinski definition) is 4. The van der Waals surface area contributed by atoms with Crippen molar-refractivity contribution < 1.29 is 43.7 Å². The van der Waals surface area contributed by atoms with Gasteiger partial charge in [-0.05, 0) is 12.1 Å². The number of benzene rings is 1. The summed E-state index contributed by atoms with van der Waals surface area (Å²) in [5, 5.41) is -0.806. The lowest BCUT2D eigenvalue weighted by Crippen LogP contribution is -2.28. The fourth-order valence-electron chi connectivity index (χ4n) is 0.912. The molecular formula is C8H3ClF6O4S. The van der Waals surface area contributed by atoms with Crippen LogP contribution >= 0.6 is 11.6 Å². The first-order valence-corrected chi connectivity index (χ1v) is 6.16. The molecule has 0 aliphatic heterocycles. The summed E-state index contributed by atoms with van der Waals surface area (Å²) in [6.07, 6.45) is -5.04. The van der Waals surface area contributed by atoms with E-state index < -0.39 is 38.5 Å². The summed E-state index contributed by atoms with van der Waals surface area (Å²) in [5.41, 5.74) is -5.70. The Morgan fingerprint density at radius 2 is 1.60 bits per heavy atom. The SMILES string of the molecule is O=S(=O)(Oc1ccc(OC(F)(F)F)cc1Cl)C(F)(F)F. The van der Waals surface area contributed by atoms with E-state index in [2.05, 4.69) is 8.92 Å². The van der Waals surface area contributed by atoms with Gasteiger partial charge in [-0.25, -0.2) is 0 Å². The molecule has 0 aliphatic carbocycles.